The van der Waals surface area contributed by atoms with Crippen LogP contribution in [-0.2, 0) is 0 Å². The molecule has 66 valence electrons. The lowest BCUT2D eigenvalue weighted by atomic mass is 10.3. The molecule has 0 aromatic carbocycles. The topological polar surface area (TPSA) is 41.6 Å². The largest absolute Gasteiger partial charge is 0.262 e. The van der Waals surface area contributed by atoms with Gasteiger partial charge in [0.15, 0.2) is 9.77 Å². The molecule has 2 heterocycles. The quantitative estimate of drug-likeness (QED) is 0.739. The zero-order chi connectivity index (χ0) is 9.26. The second-order valence-corrected chi connectivity index (χ2v) is 3.94. The van der Waals surface area contributed by atoms with Gasteiger partial charge < -0.3 is 0 Å². The molecule has 0 aliphatic rings. The number of H-pyrrole nitrogens is 1. The number of aromatic amines is 1. The van der Waals surface area contributed by atoms with Gasteiger partial charge in [-0.3, -0.25) is 10.1 Å². The highest BCUT2D eigenvalue weighted by atomic mass is 32.1. The van der Waals surface area contributed by atoms with Crippen molar-refractivity contribution in [3.63, 3.8) is 0 Å². The normalized spacial score (nSPS) is 10.2. The lowest BCUT2D eigenvalue weighted by molar-refractivity contribution is 0.624. The van der Waals surface area contributed by atoms with Crippen LogP contribution in [0.3, 0.4) is 0 Å². The minimum Gasteiger partial charge on any atom is -0.262 e. The molecule has 0 aliphatic heterocycles. The van der Waals surface area contributed by atoms with Gasteiger partial charge in [0.25, 0.3) is 0 Å². The van der Waals surface area contributed by atoms with Crippen molar-refractivity contribution in [2.75, 3.05) is 0 Å². The first-order valence-electron chi connectivity index (χ1n) is 3.43. The SMILES string of the molecule is Fc1cnccc1-c1n[nH]c(=S)s1. The fourth-order valence-corrected chi connectivity index (χ4v) is 1.81. The third kappa shape index (κ3) is 1.63. The predicted molar refractivity (Wildman–Crippen MR) is 50.5 cm³/mol. The van der Waals surface area contributed by atoms with E-state index < -0.39 is 0 Å². The first-order valence-corrected chi connectivity index (χ1v) is 4.65. The van der Waals surface area contributed by atoms with E-state index in [1.807, 2.05) is 0 Å². The maximum absolute atomic E-state index is 13.1. The number of halogens is 1. The van der Waals surface area contributed by atoms with Crippen LogP contribution in [0.5, 0.6) is 0 Å². The molecule has 1 N–H and O–H groups in total. The Morgan fingerprint density at radius 2 is 2.38 bits per heavy atom. The van der Waals surface area contributed by atoms with Gasteiger partial charge in [0.2, 0.25) is 0 Å². The van der Waals surface area contributed by atoms with Gasteiger partial charge in [-0.25, -0.2) is 4.39 Å². The molecule has 2 aromatic rings. The molecule has 2 aromatic heterocycles. The Labute approximate surface area is 82.3 Å². The molecule has 3 nitrogen and oxygen atoms in total. The molecule has 13 heavy (non-hydrogen) atoms. The van der Waals surface area contributed by atoms with Crippen LogP contribution in [0.15, 0.2) is 18.5 Å². The highest BCUT2D eigenvalue weighted by Gasteiger charge is 2.07. The Bertz CT molecular complexity index is 476. The van der Waals surface area contributed by atoms with Gasteiger partial charge in [0.05, 0.1) is 11.8 Å². The summed E-state index contributed by atoms with van der Waals surface area (Å²) < 4.78 is 13.7. The Morgan fingerprint density at radius 3 is 3.00 bits per heavy atom. The fourth-order valence-electron chi connectivity index (χ4n) is 0.894. The first-order chi connectivity index (χ1) is 6.27. The molecule has 0 radical (unpaired) electrons. The Morgan fingerprint density at radius 1 is 1.54 bits per heavy atom. The average molecular weight is 213 g/mol. The predicted octanol–water partition coefficient (Wildman–Crippen LogP) is 2.40. The van der Waals surface area contributed by atoms with Gasteiger partial charge in [-0.1, -0.05) is 11.3 Å². The standard InChI is InChI=1S/C7H4FN3S2/c8-5-3-9-2-1-4(5)6-10-11-7(12)13-6/h1-3H,(H,11,12). The van der Waals surface area contributed by atoms with Gasteiger partial charge in [-0.15, -0.1) is 0 Å². The summed E-state index contributed by atoms with van der Waals surface area (Å²) >= 11 is 6.07. The summed E-state index contributed by atoms with van der Waals surface area (Å²) in [6, 6.07) is 1.57. The van der Waals surface area contributed by atoms with E-state index in [-0.39, 0.29) is 5.82 Å². The molecule has 0 saturated heterocycles. The minimum absolute atomic E-state index is 0.389. The maximum atomic E-state index is 13.1. The van der Waals surface area contributed by atoms with Gasteiger partial charge in [0, 0.05) is 6.20 Å². The van der Waals surface area contributed by atoms with Crippen molar-refractivity contribution in [3.05, 3.63) is 28.2 Å². The van der Waals surface area contributed by atoms with Crippen molar-refractivity contribution in [1.29, 1.82) is 0 Å². The lowest BCUT2D eigenvalue weighted by Crippen LogP contribution is -1.84. The van der Waals surface area contributed by atoms with E-state index in [2.05, 4.69) is 15.2 Å². The molecular formula is C7H4FN3S2. The van der Waals surface area contributed by atoms with E-state index in [9.17, 15) is 4.39 Å². The molecule has 2 rings (SSSR count). The molecular weight excluding hydrogens is 209 g/mol. The summed E-state index contributed by atoms with van der Waals surface area (Å²) in [6.45, 7) is 0. The first kappa shape index (κ1) is 8.46. The molecule has 6 heteroatoms. The van der Waals surface area contributed by atoms with E-state index in [1.54, 1.807) is 6.07 Å². The minimum atomic E-state index is -0.389. The third-order valence-corrected chi connectivity index (χ3v) is 2.56. The number of nitrogens with one attached hydrogen (secondary N) is 1. The van der Waals surface area contributed by atoms with Crippen LogP contribution in [-0.4, -0.2) is 15.2 Å². The van der Waals surface area contributed by atoms with Crippen LogP contribution >= 0.6 is 23.6 Å². The van der Waals surface area contributed by atoms with E-state index in [4.69, 9.17) is 12.2 Å². The van der Waals surface area contributed by atoms with Crippen LogP contribution in [0.1, 0.15) is 0 Å². The number of aromatic nitrogens is 3. The van der Waals surface area contributed by atoms with Crippen molar-refractivity contribution in [3.8, 4) is 10.6 Å². The average Bonchev–Trinajstić information content (AvgIpc) is 2.53. The lowest BCUT2D eigenvalue weighted by Gasteiger charge is -1.94. The molecule has 0 spiro atoms. The van der Waals surface area contributed by atoms with Gasteiger partial charge >= 0.3 is 0 Å². The van der Waals surface area contributed by atoms with Crippen LogP contribution in [0.4, 0.5) is 4.39 Å². The van der Waals surface area contributed by atoms with E-state index in [0.717, 1.165) is 6.20 Å². The van der Waals surface area contributed by atoms with Crippen molar-refractivity contribution < 1.29 is 4.39 Å². The van der Waals surface area contributed by atoms with Crippen molar-refractivity contribution in [2.45, 2.75) is 0 Å². The number of nitrogens with zero attached hydrogens (tertiary/aromatic N) is 2. The summed E-state index contributed by atoms with van der Waals surface area (Å²) in [7, 11) is 0. The molecule has 0 atom stereocenters. The molecule has 0 fully saturated rings. The molecule has 0 amide bonds. The van der Waals surface area contributed by atoms with Crippen molar-refractivity contribution in [1.82, 2.24) is 15.2 Å². The van der Waals surface area contributed by atoms with Crippen LogP contribution < -0.4 is 0 Å². The second-order valence-electron chi connectivity index (χ2n) is 2.27. The maximum Gasteiger partial charge on any atom is 0.176 e. The number of hydrogen-bond donors (Lipinski definition) is 1. The number of hydrogen-bond acceptors (Lipinski definition) is 4. The van der Waals surface area contributed by atoms with Crippen molar-refractivity contribution in [2.24, 2.45) is 0 Å². The van der Waals surface area contributed by atoms with Crippen LogP contribution in [0.25, 0.3) is 10.6 Å². The monoisotopic (exact) mass is 213 g/mol. The summed E-state index contributed by atoms with van der Waals surface area (Å²) in [4.78, 5) is 3.64. The number of rotatable bonds is 1. The van der Waals surface area contributed by atoms with Crippen molar-refractivity contribution >= 4 is 23.6 Å². The molecule has 0 aliphatic carbocycles. The third-order valence-electron chi connectivity index (χ3n) is 1.44. The van der Waals surface area contributed by atoms with Gasteiger partial charge in [-0.05, 0) is 18.3 Å². The molecule has 0 bridgehead atoms. The zero-order valence-corrected chi connectivity index (χ0v) is 7.95. The van der Waals surface area contributed by atoms with E-state index in [1.165, 1.54) is 17.5 Å². The Balaban J connectivity index is 2.58. The summed E-state index contributed by atoms with van der Waals surface area (Å²) in [5.41, 5.74) is 0.423. The summed E-state index contributed by atoms with van der Waals surface area (Å²) in [6.07, 6.45) is 2.67. The Kier molecular flexibility index (Phi) is 2.15. The summed E-state index contributed by atoms with van der Waals surface area (Å²) in [5.74, 6) is -0.389. The van der Waals surface area contributed by atoms with Crippen LogP contribution in [0, 0.1) is 9.77 Å². The van der Waals surface area contributed by atoms with Crippen LogP contribution in [0.2, 0.25) is 0 Å². The Hall–Kier alpha value is -1.14. The highest BCUT2D eigenvalue weighted by Crippen LogP contribution is 2.23. The number of pyridine rings is 1. The van der Waals surface area contributed by atoms with Gasteiger partial charge in [0.1, 0.15) is 5.01 Å². The van der Waals surface area contributed by atoms with E-state index in [0.29, 0.717) is 14.5 Å². The summed E-state index contributed by atoms with van der Waals surface area (Å²) in [5, 5.41) is 7.01. The molecule has 0 saturated carbocycles. The highest BCUT2D eigenvalue weighted by molar-refractivity contribution is 7.73. The van der Waals surface area contributed by atoms with E-state index >= 15 is 0 Å². The fraction of sp³-hybridized carbons (Fsp3) is 0. The van der Waals surface area contributed by atoms with Gasteiger partial charge in [-0.2, -0.15) is 5.10 Å². The second kappa shape index (κ2) is 3.31. The molecule has 0 unspecified atom stereocenters. The smallest absolute Gasteiger partial charge is 0.176 e. The zero-order valence-electron chi connectivity index (χ0n) is 6.32.